The van der Waals surface area contributed by atoms with Crippen molar-refractivity contribution in [1.82, 2.24) is 30.0 Å². The number of benzene rings is 2. The molecule has 10 rings (SSSR count). The van der Waals surface area contributed by atoms with Gasteiger partial charge >= 0.3 is 6.18 Å². The number of aromatic nitrogens is 4. The zero-order valence-corrected chi connectivity index (χ0v) is 30.9. The average Bonchev–Trinajstić information content (AvgIpc) is 4.06. The van der Waals surface area contributed by atoms with Gasteiger partial charge in [0, 0.05) is 67.1 Å². The SMILES string of the molecule is C=CC(=O)N1CC2(CCN(c3nc(N4CC(N5CCC6(CC5)CC6)C4)nc4c(OCC(F)(F)F)c(-c5c(C)ccc6[nH]ncc56)c(C5CC5)cc34)CC2)C1. The Morgan fingerprint density at radius 3 is 2.35 bits per heavy atom. The van der Waals surface area contributed by atoms with Crippen molar-refractivity contribution in [1.29, 1.82) is 0 Å². The van der Waals surface area contributed by atoms with Gasteiger partial charge in [-0.15, -0.1) is 0 Å². The van der Waals surface area contributed by atoms with Gasteiger partial charge in [0.15, 0.2) is 12.4 Å². The second-order valence-corrected chi connectivity index (χ2v) is 17.2. The molecule has 0 atom stereocenters. The van der Waals surface area contributed by atoms with E-state index in [0.717, 1.165) is 117 Å². The van der Waals surface area contributed by atoms with Gasteiger partial charge in [0.25, 0.3) is 0 Å². The Kier molecular flexibility index (Phi) is 7.78. The lowest BCUT2D eigenvalue weighted by molar-refractivity contribution is -0.153. The lowest BCUT2D eigenvalue weighted by Crippen LogP contribution is -2.62. The van der Waals surface area contributed by atoms with Crippen molar-refractivity contribution < 1.29 is 22.7 Å². The van der Waals surface area contributed by atoms with Crippen LogP contribution in [-0.4, -0.2) is 107 Å². The van der Waals surface area contributed by atoms with Gasteiger partial charge in [-0.2, -0.15) is 23.3 Å². The minimum Gasteiger partial charge on any atom is -0.481 e. The Morgan fingerprint density at radius 2 is 1.69 bits per heavy atom. The molecule has 4 aliphatic heterocycles. The van der Waals surface area contributed by atoms with Gasteiger partial charge in [-0.1, -0.05) is 12.6 Å². The quantitative estimate of drug-likeness (QED) is 0.194. The molecule has 284 valence electrons. The fourth-order valence-electron chi connectivity index (χ4n) is 9.79. The van der Waals surface area contributed by atoms with Crippen molar-refractivity contribution in [3.8, 4) is 16.9 Å². The summed E-state index contributed by atoms with van der Waals surface area (Å²) in [4.78, 5) is 31.7. The minimum absolute atomic E-state index is 0.0323. The van der Waals surface area contributed by atoms with Crippen LogP contribution in [0.1, 0.15) is 68.4 Å². The molecule has 2 aromatic heterocycles. The van der Waals surface area contributed by atoms with Crippen molar-refractivity contribution >= 4 is 39.5 Å². The first-order chi connectivity index (χ1) is 26.0. The van der Waals surface area contributed by atoms with Gasteiger partial charge in [0.1, 0.15) is 11.3 Å². The molecule has 2 aromatic carbocycles. The first-order valence-corrected chi connectivity index (χ1v) is 19.7. The first-order valence-electron chi connectivity index (χ1n) is 19.7. The molecule has 6 heterocycles. The number of aryl methyl sites for hydroxylation is 1. The van der Waals surface area contributed by atoms with Gasteiger partial charge < -0.3 is 19.4 Å². The van der Waals surface area contributed by atoms with Crippen molar-refractivity contribution in [2.75, 3.05) is 68.8 Å². The highest BCUT2D eigenvalue weighted by molar-refractivity contribution is 6.06. The Labute approximate surface area is 312 Å². The molecule has 2 saturated carbocycles. The number of alkyl halides is 3. The molecule has 2 aliphatic carbocycles. The number of ether oxygens (including phenoxy) is 1. The maximum absolute atomic E-state index is 14.1. The Morgan fingerprint density at radius 1 is 0.963 bits per heavy atom. The van der Waals surface area contributed by atoms with Crippen molar-refractivity contribution in [3.63, 3.8) is 0 Å². The predicted molar refractivity (Wildman–Crippen MR) is 202 cm³/mol. The number of aromatic amines is 1. The van der Waals surface area contributed by atoms with Gasteiger partial charge in [-0.3, -0.25) is 14.8 Å². The summed E-state index contributed by atoms with van der Waals surface area (Å²) in [5.74, 6) is 1.62. The lowest BCUT2D eigenvalue weighted by atomic mass is 9.72. The largest absolute Gasteiger partial charge is 0.481 e. The van der Waals surface area contributed by atoms with E-state index in [2.05, 4.69) is 37.5 Å². The average molecular weight is 741 g/mol. The van der Waals surface area contributed by atoms with Gasteiger partial charge in [0.2, 0.25) is 11.9 Å². The predicted octanol–water partition coefficient (Wildman–Crippen LogP) is 6.98. The Bertz CT molecular complexity index is 2140. The van der Waals surface area contributed by atoms with Crippen LogP contribution < -0.4 is 14.5 Å². The molecule has 6 fully saturated rings. The van der Waals surface area contributed by atoms with Crippen LogP contribution in [-0.2, 0) is 4.79 Å². The molecule has 6 aliphatic rings. The summed E-state index contributed by atoms with van der Waals surface area (Å²) < 4.78 is 48.4. The van der Waals surface area contributed by atoms with Gasteiger partial charge in [-0.05, 0) is 118 Å². The van der Waals surface area contributed by atoms with E-state index in [0.29, 0.717) is 28.5 Å². The van der Waals surface area contributed by atoms with E-state index < -0.39 is 12.8 Å². The molecule has 0 bridgehead atoms. The van der Waals surface area contributed by atoms with Crippen molar-refractivity contribution in [2.45, 2.75) is 76.4 Å². The van der Waals surface area contributed by atoms with Crippen LogP contribution in [0.5, 0.6) is 5.75 Å². The van der Waals surface area contributed by atoms with Crippen LogP contribution in [0.15, 0.2) is 37.1 Å². The molecule has 0 radical (unpaired) electrons. The topological polar surface area (TPSA) is 93.7 Å². The fourth-order valence-corrected chi connectivity index (χ4v) is 9.79. The number of likely N-dealkylation sites (tertiary alicyclic amines) is 2. The maximum Gasteiger partial charge on any atom is 0.422 e. The smallest absolute Gasteiger partial charge is 0.422 e. The van der Waals surface area contributed by atoms with E-state index in [1.807, 2.05) is 24.0 Å². The molecule has 13 heteroatoms. The van der Waals surface area contributed by atoms with Crippen LogP contribution in [0, 0.1) is 17.8 Å². The van der Waals surface area contributed by atoms with E-state index >= 15 is 0 Å². The first kappa shape index (κ1) is 34.1. The minimum atomic E-state index is -4.54. The molecular formula is C41H47F3N8O2. The molecule has 1 amide bonds. The summed E-state index contributed by atoms with van der Waals surface area (Å²) in [6.07, 6.45) is 7.54. The second kappa shape index (κ2) is 12.3. The summed E-state index contributed by atoms with van der Waals surface area (Å²) in [5.41, 5.74) is 5.31. The number of hydrogen-bond donors (Lipinski definition) is 1. The number of carbonyl (C=O) groups is 1. The molecule has 1 N–H and O–H groups in total. The second-order valence-electron chi connectivity index (χ2n) is 17.2. The van der Waals surface area contributed by atoms with E-state index in [9.17, 15) is 18.0 Å². The standard InChI is InChI=1S/C41H47F3N8O2/c1-3-32(53)52-22-40(23-52)12-16-50(17-13-40)37-29-18-28(26-5-6-26)34(33-25(2)4-7-31-30(33)19-45-48-31)36(54-24-41(42,43)44)35(29)46-38(47-37)51-20-27(21-51)49-14-10-39(8-9-39)11-15-49/h3-4,7,18-19,26-27H,1,5-6,8-17,20-24H2,2H3,(H,45,48). The molecule has 2 spiro atoms. The summed E-state index contributed by atoms with van der Waals surface area (Å²) >= 11 is 0. The van der Waals surface area contributed by atoms with Crippen LogP contribution in [0.2, 0.25) is 0 Å². The highest BCUT2D eigenvalue weighted by Crippen LogP contribution is 2.55. The van der Waals surface area contributed by atoms with Crippen LogP contribution in [0.4, 0.5) is 24.9 Å². The number of piperidine rings is 2. The summed E-state index contributed by atoms with van der Waals surface area (Å²) in [6.45, 7) is 10.9. The molecule has 54 heavy (non-hydrogen) atoms. The highest BCUT2D eigenvalue weighted by Gasteiger charge is 2.48. The zero-order chi connectivity index (χ0) is 37.0. The maximum atomic E-state index is 14.1. The number of anilines is 2. The molecule has 0 unspecified atom stereocenters. The Hall–Kier alpha value is -4.39. The monoisotopic (exact) mass is 740 g/mol. The number of nitrogens with one attached hydrogen (secondary N) is 1. The number of hydrogen-bond acceptors (Lipinski definition) is 8. The number of halogens is 3. The molecule has 4 aromatic rings. The third kappa shape index (κ3) is 5.88. The number of nitrogens with zero attached hydrogens (tertiary/aromatic N) is 7. The normalized spacial score (nSPS) is 22.6. The Balaban J connectivity index is 1.08. The summed E-state index contributed by atoms with van der Waals surface area (Å²) in [5, 5.41) is 8.94. The van der Waals surface area contributed by atoms with Crippen LogP contribution in [0.25, 0.3) is 32.9 Å². The number of amides is 1. The molecule has 4 saturated heterocycles. The highest BCUT2D eigenvalue weighted by atomic mass is 19.4. The van der Waals surface area contributed by atoms with Crippen molar-refractivity contribution in [2.24, 2.45) is 10.8 Å². The van der Waals surface area contributed by atoms with E-state index in [1.165, 1.54) is 31.8 Å². The number of H-pyrrole nitrogens is 1. The van der Waals surface area contributed by atoms with Gasteiger partial charge in [0.05, 0.1) is 11.7 Å². The lowest BCUT2D eigenvalue weighted by Gasteiger charge is -2.54. The van der Waals surface area contributed by atoms with E-state index in [1.54, 1.807) is 6.20 Å². The van der Waals surface area contributed by atoms with Gasteiger partial charge in [-0.25, -0.2) is 4.98 Å². The zero-order valence-electron chi connectivity index (χ0n) is 30.9. The number of rotatable bonds is 8. The summed E-state index contributed by atoms with van der Waals surface area (Å²) in [6, 6.07) is 6.51. The third-order valence-electron chi connectivity index (χ3n) is 13.6. The number of carbonyl (C=O) groups excluding carboxylic acids is 1. The number of fused-ring (bicyclic) bond motifs is 2. The third-order valence-corrected chi connectivity index (χ3v) is 13.6. The van der Waals surface area contributed by atoms with E-state index in [-0.39, 0.29) is 23.0 Å². The van der Waals surface area contributed by atoms with Crippen LogP contribution >= 0.6 is 0 Å². The molecule has 10 nitrogen and oxygen atoms in total. The fraction of sp³-hybridized carbons (Fsp3) is 0.561. The van der Waals surface area contributed by atoms with Crippen LogP contribution in [0.3, 0.4) is 0 Å². The van der Waals surface area contributed by atoms with E-state index in [4.69, 9.17) is 14.7 Å². The summed E-state index contributed by atoms with van der Waals surface area (Å²) in [7, 11) is 0. The molecular weight excluding hydrogens is 693 g/mol. The van der Waals surface area contributed by atoms with Crippen molar-refractivity contribution in [3.05, 3.63) is 48.2 Å².